The van der Waals surface area contributed by atoms with Gasteiger partial charge in [-0.15, -0.1) is 4.67 Å². The van der Waals surface area contributed by atoms with Gasteiger partial charge < -0.3 is 29.4 Å². The lowest BCUT2D eigenvalue weighted by molar-refractivity contribution is -0.0950. The molecule has 292 valence electrons. The Morgan fingerprint density at radius 3 is 2.02 bits per heavy atom. The molecule has 1 aliphatic rings. The SMILES string of the molecule is C=CO[C@@H]1[C@H](O[P+](O)(CCC#N)N(C(C)C)C(C)C)[C@@H](COC(c2ccccc2)(c2ccc(OC)cc2)c2ccc(OC)cc2)O[C@H]1n1ccc(N)nc1=O. The van der Waals surface area contributed by atoms with Crippen LogP contribution in [0, 0.1) is 11.3 Å². The number of benzene rings is 3. The van der Waals surface area contributed by atoms with E-state index in [1.54, 1.807) is 14.2 Å². The standard InChI is InChI=1S/C41H50N5O8P/c1-8-51-38-37(54-55(48,26-12-24-42)46(28(2)3)29(4)5)35(53-39(38)45-25-23-36(43)44-40(45)47)27-52-41(30-13-10-9-11-14-30,31-15-19-33(49-6)20-16-31)32-17-21-34(50-7)22-18-32/h8-11,13-23,25,28-29,35,37-39,48H,1,12,26-27H2,2-7H3,(H-,43,44,47)/p+1/t35-,37-,38-,39-,55?/m1/s1. The Bertz CT molecular complexity index is 1900. The van der Waals surface area contributed by atoms with Crippen molar-refractivity contribution in [2.45, 2.75) is 76.3 Å². The molecule has 1 saturated heterocycles. The second-order valence-electron chi connectivity index (χ2n) is 13.6. The van der Waals surface area contributed by atoms with Gasteiger partial charge in [0, 0.05) is 18.3 Å². The molecule has 1 aromatic heterocycles. The summed E-state index contributed by atoms with van der Waals surface area (Å²) in [5.74, 6) is 1.38. The quantitative estimate of drug-likeness (QED) is 0.0647. The maximum absolute atomic E-state index is 13.3. The molecule has 14 heteroatoms. The average Bonchev–Trinajstić information content (AvgIpc) is 3.50. The van der Waals surface area contributed by atoms with Gasteiger partial charge >= 0.3 is 13.6 Å². The minimum absolute atomic E-state index is 0.0404. The lowest BCUT2D eigenvalue weighted by atomic mass is 9.80. The van der Waals surface area contributed by atoms with Gasteiger partial charge in [-0.2, -0.15) is 14.8 Å². The first-order valence-electron chi connectivity index (χ1n) is 18.1. The minimum atomic E-state index is -3.54. The molecule has 0 radical (unpaired) electrons. The maximum atomic E-state index is 13.3. The molecule has 4 aromatic rings. The van der Waals surface area contributed by atoms with Crippen LogP contribution in [0.4, 0.5) is 5.82 Å². The fourth-order valence-electron chi connectivity index (χ4n) is 7.28. The number of aromatic nitrogens is 2. The van der Waals surface area contributed by atoms with E-state index in [1.165, 1.54) is 23.1 Å². The average molecular weight is 773 g/mol. The molecule has 0 spiro atoms. The van der Waals surface area contributed by atoms with Crippen molar-refractivity contribution in [3.8, 4) is 17.6 Å². The van der Waals surface area contributed by atoms with Crippen molar-refractivity contribution in [1.29, 1.82) is 5.26 Å². The zero-order valence-electron chi connectivity index (χ0n) is 32.1. The molecule has 5 rings (SSSR count). The maximum Gasteiger partial charge on any atom is 0.351 e. The molecule has 2 heterocycles. The second-order valence-corrected chi connectivity index (χ2v) is 16.1. The number of nitrogens with two attached hydrogens (primary N) is 1. The molecule has 55 heavy (non-hydrogen) atoms. The monoisotopic (exact) mass is 772 g/mol. The highest BCUT2D eigenvalue weighted by molar-refractivity contribution is 7.63. The Morgan fingerprint density at radius 1 is 0.964 bits per heavy atom. The first-order valence-corrected chi connectivity index (χ1v) is 19.9. The Hall–Kier alpha value is -4.80. The lowest BCUT2D eigenvalue weighted by Gasteiger charge is -2.39. The molecule has 0 bridgehead atoms. The molecule has 5 atom stereocenters. The van der Waals surface area contributed by atoms with Crippen molar-refractivity contribution in [3.63, 3.8) is 0 Å². The van der Waals surface area contributed by atoms with Crippen LogP contribution in [0.3, 0.4) is 0 Å². The molecular weight excluding hydrogens is 721 g/mol. The number of nitrogen functional groups attached to an aromatic ring is 1. The van der Waals surface area contributed by atoms with E-state index in [-0.39, 0.29) is 37.1 Å². The van der Waals surface area contributed by atoms with Crippen LogP contribution in [-0.4, -0.2) is 76.5 Å². The summed E-state index contributed by atoms with van der Waals surface area (Å²) in [6.07, 6.45) is -1.28. The number of hydrogen-bond acceptors (Lipinski definition) is 12. The highest BCUT2D eigenvalue weighted by Crippen LogP contribution is 2.64. The molecule has 0 aliphatic carbocycles. The number of nitrogens with zero attached hydrogens (tertiary/aromatic N) is 4. The number of methoxy groups -OCH3 is 2. The largest absolute Gasteiger partial charge is 0.497 e. The third-order valence-electron chi connectivity index (χ3n) is 9.53. The summed E-state index contributed by atoms with van der Waals surface area (Å²) >= 11 is 0. The first-order chi connectivity index (χ1) is 26.4. The number of hydrogen-bond donors (Lipinski definition) is 2. The summed E-state index contributed by atoms with van der Waals surface area (Å²) in [5.41, 5.74) is 6.36. The fraction of sp³-hybridized carbons (Fsp3) is 0.390. The van der Waals surface area contributed by atoms with Gasteiger partial charge in [-0.25, -0.2) is 9.69 Å². The Labute approximate surface area is 323 Å². The summed E-state index contributed by atoms with van der Waals surface area (Å²) in [4.78, 5) is 29.8. The van der Waals surface area contributed by atoms with E-state index in [9.17, 15) is 14.9 Å². The fourth-order valence-corrected chi connectivity index (χ4v) is 10.2. The number of nitriles is 1. The van der Waals surface area contributed by atoms with Crippen molar-refractivity contribution in [1.82, 2.24) is 14.2 Å². The van der Waals surface area contributed by atoms with Crippen LogP contribution in [0.5, 0.6) is 11.5 Å². The van der Waals surface area contributed by atoms with Gasteiger partial charge in [0.05, 0.1) is 39.6 Å². The Balaban J connectivity index is 1.69. The number of ether oxygens (including phenoxy) is 5. The van der Waals surface area contributed by atoms with Crippen LogP contribution in [0.15, 0.2) is 109 Å². The van der Waals surface area contributed by atoms with Crippen molar-refractivity contribution in [3.05, 3.63) is 131 Å². The summed E-state index contributed by atoms with van der Waals surface area (Å²) in [7, 11) is -0.323. The highest BCUT2D eigenvalue weighted by Gasteiger charge is 2.59. The van der Waals surface area contributed by atoms with Crippen LogP contribution in [0.2, 0.25) is 0 Å². The van der Waals surface area contributed by atoms with Gasteiger partial charge in [0.1, 0.15) is 35.2 Å². The predicted molar refractivity (Wildman–Crippen MR) is 211 cm³/mol. The predicted octanol–water partition coefficient (Wildman–Crippen LogP) is 6.45. The molecule has 0 amide bonds. The van der Waals surface area contributed by atoms with E-state index in [2.05, 4.69) is 17.6 Å². The van der Waals surface area contributed by atoms with E-state index in [1.807, 2.05) is 111 Å². The molecule has 1 fully saturated rings. The van der Waals surface area contributed by atoms with Gasteiger partial charge in [-0.05, 0) is 74.7 Å². The van der Waals surface area contributed by atoms with Crippen molar-refractivity contribution in [2.24, 2.45) is 0 Å². The lowest BCUT2D eigenvalue weighted by Crippen LogP contribution is -2.45. The van der Waals surface area contributed by atoms with Gasteiger partial charge in [0.2, 0.25) is 0 Å². The summed E-state index contributed by atoms with van der Waals surface area (Å²) in [5, 5.41) is 9.67. The highest BCUT2D eigenvalue weighted by atomic mass is 31.2. The zero-order chi connectivity index (χ0) is 39.8. The summed E-state index contributed by atoms with van der Waals surface area (Å²) in [6.45, 7) is 11.5. The minimum Gasteiger partial charge on any atom is -0.497 e. The van der Waals surface area contributed by atoms with Crippen LogP contribution in [-0.2, 0) is 24.3 Å². The van der Waals surface area contributed by atoms with Crippen molar-refractivity contribution < 1.29 is 33.1 Å². The first kappa shape index (κ1) is 41.4. The third-order valence-corrected chi connectivity index (χ3v) is 12.6. The Morgan fingerprint density at radius 2 is 1.53 bits per heavy atom. The van der Waals surface area contributed by atoms with Crippen LogP contribution >= 0.6 is 7.87 Å². The smallest absolute Gasteiger partial charge is 0.351 e. The summed E-state index contributed by atoms with van der Waals surface area (Å²) < 4.78 is 41.2. The third kappa shape index (κ3) is 8.86. The van der Waals surface area contributed by atoms with Gasteiger partial charge in [0.15, 0.2) is 18.4 Å². The van der Waals surface area contributed by atoms with E-state index in [4.69, 9.17) is 33.9 Å². The molecule has 13 nitrogen and oxygen atoms in total. The number of rotatable bonds is 18. The van der Waals surface area contributed by atoms with Crippen molar-refractivity contribution in [2.75, 3.05) is 32.7 Å². The second kappa shape index (κ2) is 18.2. The molecule has 3 N–H and O–H groups in total. The molecule has 1 aliphatic heterocycles. The molecule has 1 unspecified atom stereocenters. The van der Waals surface area contributed by atoms with Gasteiger partial charge in [0.25, 0.3) is 0 Å². The van der Waals surface area contributed by atoms with E-state index in [0.717, 1.165) is 16.7 Å². The molecule has 0 saturated carbocycles. The van der Waals surface area contributed by atoms with Crippen molar-refractivity contribution >= 4 is 13.7 Å². The van der Waals surface area contributed by atoms with Crippen LogP contribution < -0.4 is 20.9 Å². The summed E-state index contributed by atoms with van der Waals surface area (Å²) in [6, 6.07) is 28.4. The molecule has 3 aromatic carbocycles. The van der Waals surface area contributed by atoms with Gasteiger partial charge in [-0.3, -0.25) is 4.57 Å². The van der Waals surface area contributed by atoms with Crippen LogP contribution in [0.1, 0.15) is 57.0 Å². The van der Waals surface area contributed by atoms with Gasteiger partial charge in [-0.1, -0.05) is 61.2 Å². The van der Waals surface area contributed by atoms with Crippen LogP contribution in [0.25, 0.3) is 0 Å². The normalized spacial score (nSPS) is 19.6. The molecular formula is C41H51N5O8P+. The van der Waals surface area contributed by atoms with E-state index < -0.39 is 43.7 Å². The Kier molecular flexibility index (Phi) is 13.7. The zero-order valence-corrected chi connectivity index (χ0v) is 33.0. The number of anilines is 1. The van der Waals surface area contributed by atoms with E-state index in [0.29, 0.717) is 11.5 Å². The van der Waals surface area contributed by atoms with E-state index >= 15 is 0 Å². The topological polar surface area (TPSA) is 164 Å².